The van der Waals surface area contributed by atoms with Gasteiger partial charge in [-0.3, -0.25) is 0 Å². The Morgan fingerprint density at radius 2 is 1.96 bits per heavy atom. The number of hydrogen-bond acceptors (Lipinski definition) is 2. The Bertz CT molecular complexity index is 705. The number of para-hydroxylation sites is 2. The van der Waals surface area contributed by atoms with E-state index < -0.39 is 0 Å². The molecule has 2 aromatic rings. The fourth-order valence-electron chi connectivity index (χ4n) is 3.01. The van der Waals surface area contributed by atoms with Crippen LogP contribution in [0.4, 0.5) is 10.5 Å². The highest BCUT2D eigenvalue weighted by Crippen LogP contribution is 2.36. The Labute approximate surface area is 141 Å². The van der Waals surface area contributed by atoms with Crippen LogP contribution in [-0.4, -0.2) is 24.6 Å². The van der Waals surface area contributed by atoms with Crippen molar-refractivity contribution in [3.63, 3.8) is 0 Å². The number of nitrogens with one attached hydrogen (secondary N) is 1. The molecule has 120 valence electrons. The predicted octanol–water partition coefficient (Wildman–Crippen LogP) is 4.72. The van der Waals surface area contributed by atoms with Crippen molar-refractivity contribution in [2.24, 2.45) is 0 Å². The van der Waals surface area contributed by atoms with Gasteiger partial charge in [-0.05, 0) is 36.6 Å². The molecule has 1 atom stereocenters. The minimum atomic E-state index is -0.128. The number of halogens is 1. The van der Waals surface area contributed by atoms with Crippen LogP contribution in [0.2, 0.25) is 5.02 Å². The Balaban J connectivity index is 1.80. The molecule has 4 nitrogen and oxygen atoms in total. The molecule has 1 fully saturated rings. The number of hydrogen-bond donors (Lipinski definition) is 1. The summed E-state index contributed by atoms with van der Waals surface area (Å²) in [6, 6.07) is 15.0. The van der Waals surface area contributed by atoms with Crippen LogP contribution in [0.25, 0.3) is 0 Å². The average Bonchev–Trinajstić information content (AvgIpc) is 3.05. The molecule has 2 aromatic carbocycles. The summed E-state index contributed by atoms with van der Waals surface area (Å²) in [5.41, 5.74) is 1.67. The average molecular weight is 331 g/mol. The van der Waals surface area contributed by atoms with Gasteiger partial charge in [-0.25, -0.2) is 4.79 Å². The summed E-state index contributed by atoms with van der Waals surface area (Å²) in [5, 5.41) is 3.64. The maximum Gasteiger partial charge on any atom is 0.322 e. The second-order valence-corrected chi connectivity index (χ2v) is 5.91. The maximum absolute atomic E-state index is 12.7. The lowest BCUT2D eigenvalue weighted by Crippen LogP contribution is -2.34. The van der Waals surface area contributed by atoms with Crippen molar-refractivity contribution in [3.05, 3.63) is 59.1 Å². The van der Waals surface area contributed by atoms with Gasteiger partial charge in [0, 0.05) is 11.6 Å². The molecule has 2 amide bonds. The fourth-order valence-corrected chi connectivity index (χ4v) is 3.28. The van der Waals surface area contributed by atoms with Gasteiger partial charge >= 0.3 is 6.03 Å². The quantitative estimate of drug-likeness (QED) is 0.884. The van der Waals surface area contributed by atoms with Crippen LogP contribution in [0.15, 0.2) is 48.5 Å². The van der Waals surface area contributed by atoms with E-state index in [1.165, 1.54) is 0 Å². The zero-order valence-corrected chi connectivity index (χ0v) is 13.7. The van der Waals surface area contributed by atoms with Gasteiger partial charge in [0.25, 0.3) is 0 Å². The number of carbonyl (C=O) groups is 1. The highest BCUT2D eigenvalue weighted by atomic mass is 35.5. The molecule has 0 radical (unpaired) electrons. The second-order valence-electron chi connectivity index (χ2n) is 5.50. The fraction of sp³-hybridized carbons (Fsp3) is 0.278. The Hall–Kier alpha value is -2.20. The Morgan fingerprint density at radius 1 is 1.22 bits per heavy atom. The molecule has 0 aliphatic carbocycles. The van der Waals surface area contributed by atoms with E-state index in [2.05, 4.69) is 5.32 Å². The van der Waals surface area contributed by atoms with E-state index in [-0.39, 0.29) is 12.1 Å². The van der Waals surface area contributed by atoms with E-state index in [9.17, 15) is 4.79 Å². The molecule has 1 unspecified atom stereocenters. The molecular formula is C18H19ClN2O2. The summed E-state index contributed by atoms with van der Waals surface area (Å²) in [6.07, 6.45) is 1.89. The number of likely N-dealkylation sites (tertiary alicyclic amines) is 1. The number of amides is 2. The highest BCUT2D eigenvalue weighted by Gasteiger charge is 2.31. The van der Waals surface area contributed by atoms with Crippen molar-refractivity contribution >= 4 is 23.3 Å². The molecular weight excluding hydrogens is 312 g/mol. The normalized spacial score (nSPS) is 17.1. The molecule has 0 bridgehead atoms. The first-order valence-corrected chi connectivity index (χ1v) is 8.03. The standard InChI is InChI=1S/C18H19ClN2O2/c1-23-17-11-5-4-9-15(17)20-18(22)21-12-6-10-16(21)13-7-2-3-8-14(13)19/h2-5,7-9,11,16H,6,10,12H2,1H3,(H,20,22). The number of methoxy groups -OCH3 is 1. The van der Waals surface area contributed by atoms with Gasteiger partial charge in [-0.1, -0.05) is 41.9 Å². The van der Waals surface area contributed by atoms with E-state index in [0.717, 1.165) is 24.9 Å². The van der Waals surface area contributed by atoms with Gasteiger partial charge in [-0.15, -0.1) is 0 Å². The van der Waals surface area contributed by atoms with E-state index >= 15 is 0 Å². The summed E-state index contributed by atoms with van der Waals surface area (Å²) >= 11 is 6.30. The minimum Gasteiger partial charge on any atom is -0.495 e. The summed E-state index contributed by atoms with van der Waals surface area (Å²) < 4.78 is 5.29. The van der Waals surface area contributed by atoms with Gasteiger partial charge in [0.15, 0.2) is 0 Å². The first-order chi connectivity index (χ1) is 11.2. The van der Waals surface area contributed by atoms with Crippen LogP contribution >= 0.6 is 11.6 Å². The first kappa shape index (κ1) is 15.7. The molecule has 23 heavy (non-hydrogen) atoms. The molecule has 1 saturated heterocycles. The summed E-state index contributed by atoms with van der Waals surface area (Å²) in [7, 11) is 1.59. The number of urea groups is 1. The van der Waals surface area contributed by atoms with E-state index in [0.29, 0.717) is 16.5 Å². The zero-order chi connectivity index (χ0) is 16.2. The highest BCUT2D eigenvalue weighted by molar-refractivity contribution is 6.31. The summed E-state index contributed by atoms with van der Waals surface area (Å²) in [4.78, 5) is 14.5. The van der Waals surface area contributed by atoms with E-state index in [4.69, 9.17) is 16.3 Å². The van der Waals surface area contributed by atoms with Crippen molar-refractivity contribution in [1.82, 2.24) is 4.90 Å². The third kappa shape index (κ3) is 3.27. The Morgan fingerprint density at radius 3 is 2.74 bits per heavy atom. The molecule has 0 spiro atoms. The van der Waals surface area contributed by atoms with Gasteiger partial charge in [0.2, 0.25) is 0 Å². The van der Waals surface area contributed by atoms with Crippen molar-refractivity contribution in [3.8, 4) is 5.75 Å². The van der Waals surface area contributed by atoms with Crippen LogP contribution in [0.3, 0.4) is 0 Å². The molecule has 0 saturated carbocycles. The lowest BCUT2D eigenvalue weighted by molar-refractivity contribution is 0.207. The molecule has 0 aromatic heterocycles. The number of ether oxygens (including phenoxy) is 1. The minimum absolute atomic E-state index is 0.0124. The molecule has 1 aliphatic heterocycles. The Kier molecular flexibility index (Phi) is 4.72. The van der Waals surface area contributed by atoms with Gasteiger partial charge < -0.3 is 15.0 Å². The number of nitrogens with zero attached hydrogens (tertiary/aromatic N) is 1. The largest absolute Gasteiger partial charge is 0.495 e. The topological polar surface area (TPSA) is 41.6 Å². The van der Waals surface area contributed by atoms with E-state index in [1.54, 1.807) is 7.11 Å². The summed E-state index contributed by atoms with van der Waals surface area (Å²) in [5.74, 6) is 0.648. The van der Waals surface area contributed by atoms with Crippen molar-refractivity contribution in [2.75, 3.05) is 19.0 Å². The first-order valence-electron chi connectivity index (χ1n) is 7.66. The van der Waals surface area contributed by atoms with Gasteiger partial charge in [-0.2, -0.15) is 0 Å². The molecule has 1 N–H and O–H groups in total. The third-order valence-electron chi connectivity index (χ3n) is 4.13. The van der Waals surface area contributed by atoms with Crippen LogP contribution in [0.1, 0.15) is 24.4 Å². The smallest absolute Gasteiger partial charge is 0.322 e. The van der Waals surface area contributed by atoms with Crippen LogP contribution in [0, 0.1) is 0 Å². The van der Waals surface area contributed by atoms with Crippen molar-refractivity contribution < 1.29 is 9.53 Å². The number of anilines is 1. The molecule has 1 heterocycles. The van der Waals surface area contributed by atoms with Crippen LogP contribution in [-0.2, 0) is 0 Å². The van der Waals surface area contributed by atoms with Crippen molar-refractivity contribution in [2.45, 2.75) is 18.9 Å². The number of benzene rings is 2. The second kappa shape index (κ2) is 6.92. The predicted molar refractivity (Wildman–Crippen MR) is 92.1 cm³/mol. The maximum atomic E-state index is 12.7. The third-order valence-corrected chi connectivity index (χ3v) is 4.47. The lowest BCUT2D eigenvalue weighted by Gasteiger charge is -2.26. The number of rotatable bonds is 3. The SMILES string of the molecule is COc1ccccc1NC(=O)N1CCCC1c1ccccc1Cl. The van der Waals surface area contributed by atoms with Crippen molar-refractivity contribution in [1.29, 1.82) is 0 Å². The zero-order valence-electron chi connectivity index (χ0n) is 13.0. The molecule has 1 aliphatic rings. The van der Waals surface area contributed by atoms with Crippen LogP contribution < -0.4 is 10.1 Å². The van der Waals surface area contributed by atoms with Gasteiger partial charge in [0.1, 0.15) is 5.75 Å². The van der Waals surface area contributed by atoms with Crippen LogP contribution in [0.5, 0.6) is 5.75 Å². The molecule has 5 heteroatoms. The van der Waals surface area contributed by atoms with Gasteiger partial charge in [0.05, 0.1) is 18.8 Å². The lowest BCUT2D eigenvalue weighted by atomic mass is 10.0. The van der Waals surface area contributed by atoms with E-state index in [1.807, 2.05) is 53.4 Å². The summed E-state index contributed by atoms with van der Waals surface area (Å²) in [6.45, 7) is 0.719. The monoisotopic (exact) mass is 330 g/mol. The number of carbonyl (C=O) groups excluding carboxylic acids is 1. The molecule has 3 rings (SSSR count).